The largest absolute Gasteiger partial charge is 0.491 e. The summed E-state index contributed by atoms with van der Waals surface area (Å²) in [6, 6.07) is 3.49. The summed E-state index contributed by atoms with van der Waals surface area (Å²) in [5.74, 6) is 0.154. The Hall–Kier alpha value is -4.71. The van der Waals surface area contributed by atoms with Crippen molar-refractivity contribution < 1.29 is 38.1 Å². The SMILES string of the molecule is C=C[C@@H]1CC1(NC(=O)[C@@H]1C[C@@H](Oc2cc(-c3csc(NC(C)C)n3)nc3c(Cl)c(OCCN4CCN(C)CC4)ccc23)CN1C(=O)[C@@H](NC(=O)O[C@@H]1C[C@@H]2C[C@@H]2C1)C(C)(C)C)C(=O)OC. The number of benzene rings is 1. The van der Waals surface area contributed by atoms with Gasteiger partial charge in [-0.1, -0.05) is 38.4 Å². The van der Waals surface area contributed by atoms with Gasteiger partial charge in [0.2, 0.25) is 11.8 Å². The number of fused-ring (bicyclic) bond motifs is 2. The van der Waals surface area contributed by atoms with Crippen molar-refractivity contribution in [3.05, 3.63) is 41.3 Å². The second-order valence-electron chi connectivity index (χ2n) is 19.8. The molecule has 65 heavy (non-hydrogen) atoms. The van der Waals surface area contributed by atoms with Gasteiger partial charge in [-0.05, 0) is 76.0 Å². The molecule has 8 atom stereocenters. The Kier molecular flexibility index (Phi) is 13.6. The van der Waals surface area contributed by atoms with Crippen LogP contribution < -0.4 is 25.4 Å². The molecular weight excluding hydrogens is 872 g/mol. The van der Waals surface area contributed by atoms with Gasteiger partial charge in [0.1, 0.15) is 58.7 Å². The van der Waals surface area contributed by atoms with E-state index in [0.717, 1.165) is 50.7 Å². The molecule has 3 N–H and O–H groups in total. The molecule has 16 nitrogen and oxygen atoms in total. The van der Waals surface area contributed by atoms with Crippen LogP contribution in [0.5, 0.6) is 11.5 Å². The van der Waals surface area contributed by atoms with Crippen molar-refractivity contribution in [2.75, 3.05) is 65.3 Å². The summed E-state index contributed by atoms with van der Waals surface area (Å²) in [6.07, 6.45) is 3.25. The van der Waals surface area contributed by atoms with Crippen LogP contribution in [0.3, 0.4) is 0 Å². The van der Waals surface area contributed by atoms with Crippen LogP contribution in [0.1, 0.15) is 66.7 Å². The van der Waals surface area contributed by atoms with Crippen LogP contribution in [0.15, 0.2) is 36.2 Å². The van der Waals surface area contributed by atoms with Crippen molar-refractivity contribution in [1.82, 2.24) is 35.3 Å². The number of carbonyl (C=O) groups excluding carboxylic acids is 4. The highest BCUT2D eigenvalue weighted by atomic mass is 35.5. The summed E-state index contributed by atoms with van der Waals surface area (Å²) in [7, 11) is 3.40. The molecule has 8 rings (SSSR count). The number of hydrogen-bond donors (Lipinski definition) is 3. The monoisotopic (exact) mass is 934 g/mol. The van der Waals surface area contributed by atoms with E-state index in [1.807, 2.05) is 52.1 Å². The number of esters is 1. The lowest BCUT2D eigenvalue weighted by atomic mass is 9.85. The van der Waals surface area contributed by atoms with E-state index < -0.39 is 53.0 Å². The average molecular weight is 936 g/mol. The fourth-order valence-electron chi connectivity index (χ4n) is 9.52. The third-order valence-electron chi connectivity index (χ3n) is 13.5. The number of hydrogen-bond acceptors (Lipinski definition) is 14. The molecule has 2 saturated heterocycles. The number of nitrogens with one attached hydrogen (secondary N) is 3. The van der Waals surface area contributed by atoms with Gasteiger partial charge in [-0.15, -0.1) is 17.9 Å². The Morgan fingerprint density at radius 3 is 2.42 bits per heavy atom. The number of rotatable bonds is 16. The van der Waals surface area contributed by atoms with Gasteiger partial charge in [-0.25, -0.2) is 19.6 Å². The maximum Gasteiger partial charge on any atom is 0.408 e. The minimum atomic E-state index is -1.30. The summed E-state index contributed by atoms with van der Waals surface area (Å²) in [6.45, 7) is 18.6. The molecule has 3 saturated carbocycles. The highest BCUT2D eigenvalue weighted by Gasteiger charge is 2.62. The number of likely N-dealkylation sites (tertiary alicyclic amines) is 1. The van der Waals surface area contributed by atoms with Crippen LogP contribution in [-0.2, 0) is 23.9 Å². The van der Waals surface area contributed by atoms with Crippen molar-refractivity contribution in [3.63, 3.8) is 0 Å². The lowest BCUT2D eigenvalue weighted by Crippen LogP contribution is -2.59. The average Bonchev–Trinajstić information content (AvgIpc) is 3.92. The maximum atomic E-state index is 14.9. The van der Waals surface area contributed by atoms with E-state index >= 15 is 0 Å². The first-order chi connectivity index (χ1) is 31.0. The Morgan fingerprint density at radius 2 is 1.75 bits per heavy atom. The number of amides is 3. The molecule has 2 aliphatic heterocycles. The molecule has 0 bridgehead atoms. The van der Waals surface area contributed by atoms with Crippen LogP contribution >= 0.6 is 22.9 Å². The molecule has 1 unspecified atom stereocenters. The maximum absolute atomic E-state index is 14.9. The zero-order valence-corrected chi connectivity index (χ0v) is 40.1. The van der Waals surface area contributed by atoms with E-state index in [1.165, 1.54) is 29.8 Å². The molecule has 0 spiro atoms. The number of ether oxygens (including phenoxy) is 4. The van der Waals surface area contributed by atoms with Crippen molar-refractivity contribution in [2.45, 2.75) is 103 Å². The number of anilines is 1. The van der Waals surface area contributed by atoms with Crippen LogP contribution in [0.25, 0.3) is 22.3 Å². The first-order valence-corrected chi connectivity index (χ1v) is 24.1. The van der Waals surface area contributed by atoms with Gasteiger partial charge in [-0.3, -0.25) is 14.5 Å². The zero-order valence-electron chi connectivity index (χ0n) is 38.5. The summed E-state index contributed by atoms with van der Waals surface area (Å²) < 4.78 is 24.1. The van der Waals surface area contributed by atoms with Gasteiger partial charge in [0.15, 0.2) is 5.13 Å². The highest BCUT2D eigenvalue weighted by molar-refractivity contribution is 7.14. The van der Waals surface area contributed by atoms with Gasteiger partial charge >= 0.3 is 12.1 Å². The van der Waals surface area contributed by atoms with E-state index in [4.69, 9.17) is 40.5 Å². The van der Waals surface area contributed by atoms with E-state index in [-0.39, 0.29) is 31.0 Å². The Balaban J connectivity index is 1.09. The lowest BCUT2D eigenvalue weighted by molar-refractivity contribution is -0.148. The van der Waals surface area contributed by atoms with Gasteiger partial charge in [0.05, 0.1) is 24.9 Å². The van der Waals surface area contributed by atoms with E-state index in [1.54, 1.807) is 12.1 Å². The molecule has 3 amide bonds. The summed E-state index contributed by atoms with van der Waals surface area (Å²) in [4.78, 5) is 71.8. The van der Waals surface area contributed by atoms with Crippen LogP contribution in [-0.4, -0.2) is 144 Å². The smallest absolute Gasteiger partial charge is 0.408 e. The summed E-state index contributed by atoms with van der Waals surface area (Å²) in [5, 5.41) is 12.7. The fourth-order valence-corrected chi connectivity index (χ4v) is 10.6. The molecule has 352 valence electrons. The minimum Gasteiger partial charge on any atom is -0.491 e. The van der Waals surface area contributed by atoms with E-state index in [0.29, 0.717) is 63.7 Å². The quantitative estimate of drug-likeness (QED) is 0.113. The Bertz CT molecular complexity index is 2290. The number of carbonyl (C=O) groups is 4. The molecule has 3 aliphatic carbocycles. The number of nitrogens with zero attached hydrogens (tertiary/aromatic N) is 5. The topological polar surface area (TPSA) is 177 Å². The molecular formula is C47H63ClN8O8S. The summed E-state index contributed by atoms with van der Waals surface area (Å²) in [5.41, 5.74) is -0.515. The fraction of sp³-hybridized carbons (Fsp3) is 0.617. The van der Waals surface area contributed by atoms with Crippen LogP contribution in [0.4, 0.5) is 9.93 Å². The predicted octanol–water partition coefficient (Wildman–Crippen LogP) is 5.98. The van der Waals surface area contributed by atoms with Gasteiger partial charge in [0.25, 0.3) is 0 Å². The highest BCUT2D eigenvalue weighted by Crippen LogP contribution is 2.52. The molecule has 3 aromatic rings. The lowest BCUT2D eigenvalue weighted by Gasteiger charge is -2.35. The second kappa shape index (κ2) is 18.9. The summed E-state index contributed by atoms with van der Waals surface area (Å²) >= 11 is 8.61. The number of piperazine rings is 1. The third-order valence-corrected chi connectivity index (χ3v) is 14.6. The predicted molar refractivity (Wildman–Crippen MR) is 249 cm³/mol. The first kappa shape index (κ1) is 46.8. The molecule has 0 radical (unpaired) electrons. The molecule has 5 aliphatic rings. The Morgan fingerprint density at radius 1 is 1.02 bits per heavy atom. The number of pyridine rings is 1. The number of halogens is 1. The number of aromatic nitrogens is 2. The molecule has 4 heterocycles. The first-order valence-electron chi connectivity index (χ1n) is 22.8. The Labute approximate surface area is 390 Å². The van der Waals surface area contributed by atoms with Crippen molar-refractivity contribution >= 4 is 62.8 Å². The van der Waals surface area contributed by atoms with Crippen molar-refractivity contribution in [3.8, 4) is 22.9 Å². The number of thiazole rings is 1. The number of alkyl carbamates (subject to hydrolysis) is 1. The molecule has 1 aromatic carbocycles. The number of methoxy groups -OCH3 is 1. The molecule has 5 fully saturated rings. The van der Waals surface area contributed by atoms with Gasteiger partial charge in [0, 0.05) is 67.9 Å². The van der Waals surface area contributed by atoms with Crippen LogP contribution in [0, 0.1) is 23.2 Å². The second-order valence-corrected chi connectivity index (χ2v) is 21.0. The minimum absolute atomic E-state index is 0.0121. The molecule has 2 aromatic heterocycles. The van der Waals surface area contributed by atoms with E-state index in [2.05, 4.69) is 39.4 Å². The van der Waals surface area contributed by atoms with Gasteiger partial charge in [-0.2, -0.15) is 0 Å². The van der Waals surface area contributed by atoms with E-state index in [9.17, 15) is 19.2 Å². The van der Waals surface area contributed by atoms with Crippen molar-refractivity contribution in [1.29, 1.82) is 0 Å². The van der Waals surface area contributed by atoms with Crippen molar-refractivity contribution in [2.24, 2.45) is 23.2 Å². The van der Waals surface area contributed by atoms with Gasteiger partial charge < -0.3 is 44.7 Å². The number of likely N-dealkylation sites (N-methyl/N-ethyl adjacent to an activating group) is 1. The van der Waals surface area contributed by atoms with Crippen LogP contribution in [0.2, 0.25) is 5.02 Å². The standard InChI is InChI=1S/C47H63ClN8O8S/c1-9-29-23-47(29,43(59)61-8)53-41(57)35-21-31(24-56(35)42(58)40(46(4,5)6)52-45(60)64-30-19-27-18-28(27)20-30)63-37-22-33(34-25-65-44(51-34)49-26(2)3)50-39-32(37)10-11-36(38(39)48)62-17-16-55-14-12-54(7)13-15-55/h9-11,22,25-31,35,40H,1,12-21,23-24H2,2-8H3,(H,49,51)(H,52,60)(H,53,57)/t27-,28+,29-,30+,31-,35+,40-,47?/m1/s1. The zero-order chi connectivity index (χ0) is 46.4. The normalized spacial score (nSPS) is 26.9. The third kappa shape index (κ3) is 10.3. The molecule has 18 heteroatoms.